The topological polar surface area (TPSA) is 58.6 Å². The van der Waals surface area contributed by atoms with Crippen LogP contribution in [-0.4, -0.2) is 18.2 Å². The van der Waals surface area contributed by atoms with Crippen molar-refractivity contribution in [3.63, 3.8) is 0 Å². The molecule has 4 nitrogen and oxygen atoms in total. The minimum Gasteiger partial charge on any atom is -0.507 e. The average Bonchev–Trinajstić information content (AvgIpc) is 2.49. The van der Waals surface area contributed by atoms with Crippen LogP contribution in [0, 0.1) is 0 Å². The Hall–Kier alpha value is -2.49. The molecule has 0 saturated heterocycles. The zero-order valence-electron chi connectivity index (χ0n) is 11.5. The SMILES string of the molecule is COC(=O)c1cc(N[C@H](C)c2ccccc2)ccc1O. The van der Waals surface area contributed by atoms with Crippen molar-refractivity contribution in [2.75, 3.05) is 12.4 Å². The third kappa shape index (κ3) is 3.09. The van der Waals surface area contributed by atoms with Crippen molar-refractivity contribution < 1.29 is 14.6 Å². The maximum Gasteiger partial charge on any atom is 0.341 e. The third-order valence-corrected chi connectivity index (χ3v) is 3.08. The van der Waals surface area contributed by atoms with Crippen LogP contribution in [0.15, 0.2) is 48.5 Å². The van der Waals surface area contributed by atoms with E-state index in [1.807, 2.05) is 37.3 Å². The van der Waals surface area contributed by atoms with Crippen molar-refractivity contribution in [3.8, 4) is 5.75 Å². The lowest BCUT2D eigenvalue weighted by Crippen LogP contribution is -2.08. The lowest BCUT2D eigenvalue weighted by molar-refractivity contribution is 0.0597. The number of carbonyl (C=O) groups is 1. The molecule has 0 unspecified atom stereocenters. The third-order valence-electron chi connectivity index (χ3n) is 3.08. The van der Waals surface area contributed by atoms with Gasteiger partial charge in [0, 0.05) is 11.7 Å². The second kappa shape index (κ2) is 6.10. The Kier molecular flexibility index (Phi) is 4.25. The Morgan fingerprint density at radius 1 is 1.20 bits per heavy atom. The Morgan fingerprint density at radius 3 is 2.55 bits per heavy atom. The van der Waals surface area contributed by atoms with Gasteiger partial charge in [0.15, 0.2) is 0 Å². The van der Waals surface area contributed by atoms with Crippen molar-refractivity contribution >= 4 is 11.7 Å². The van der Waals surface area contributed by atoms with Gasteiger partial charge in [0.05, 0.1) is 7.11 Å². The Balaban J connectivity index is 2.20. The van der Waals surface area contributed by atoms with Gasteiger partial charge in [-0.1, -0.05) is 30.3 Å². The van der Waals surface area contributed by atoms with Crippen LogP contribution in [0.5, 0.6) is 5.75 Å². The summed E-state index contributed by atoms with van der Waals surface area (Å²) in [7, 11) is 1.29. The first kappa shape index (κ1) is 13.9. The van der Waals surface area contributed by atoms with Crippen LogP contribution >= 0.6 is 0 Å². The molecule has 0 saturated carbocycles. The van der Waals surface area contributed by atoms with Crippen LogP contribution < -0.4 is 5.32 Å². The standard InChI is InChI=1S/C16H17NO3/c1-11(12-6-4-3-5-7-12)17-13-8-9-15(18)14(10-13)16(19)20-2/h3-11,17-18H,1-2H3/t11-/m1/s1. The predicted octanol–water partition coefficient (Wildman–Crippen LogP) is 3.35. The van der Waals surface area contributed by atoms with Gasteiger partial charge < -0.3 is 15.2 Å². The summed E-state index contributed by atoms with van der Waals surface area (Å²) in [5, 5.41) is 12.9. The summed E-state index contributed by atoms with van der Waals surface area (Å²) >= 11 is 0. The second-order valence-corrected chi connectivity index (χ2v) is 4.50. The number of benzene rings is 2. The molecule has 2 rings (SSSR count). The van der Waals surface area contributed by atoms with Crippen LogP contribution in [0.1, 0.15) is 28.9 Å². The van der Waals surface area contributed by atoms with E-state index in [0.717, 1.165) is 11.3 Å². The highest BCUT2D eigenvalue weighted by atomic mass is 16.5. The molecule has 0 spiro atoms. The molecule has 0 aliphatic rings. The molecule has 1 atom stereocenters. The maximum absolute atomic E-state index is 11.5. The summed E-state index contributed by atoms with van der Waals surface area (Å²) in [6.45, 7) is 2.03. The van der Waals surface area contributed by atoms with E-state index >= 15 is 0 Å². The fourth-order valence-corrected chi connectivity index (χ4v) is 1.97. The van der Waals surface area contributed by atoms with Gasteiger partial charge in [-0.15, -0.1) is 0 Å². The smallest absolute Gasteiger partial charge is 0.341 e. The molecular weight excluding hydrogens is 254 g/mol. The molecule has 0 bridgehead atoms. The van der Waals surface area contributed by atoms with Gasteiger partial charge in [-0.3, -0.25) is 0 Å². The van der Waals surface area contributed by atoms with E-state index in [1.54, 1.807) is 12.1 Å². The molecule has 104 valence electrons. The highest BCUT2D eigenvalue weighted by Crippen LogP contribution is 2.25. The number of phenolic OH excluding ortho intramolecular Hbond substituents is 1. The van der Waals surface area contributed by atoms with Gasteiger partial charge in [-0.25, -0.2) is 4.79 Å². The fourth-order valence-electron chi connectivity index (χ4n) is 1.97. The molecule has 2 aromatic carbocycles. The van der Waals surface area contributed by atoms with Crippen molar-refractivity contribution in [3.05, 3.63) is 59.7 Å². The number of esters is 1. The fraction of sp³-hybridized carbons (Fsp3) is 0.188. The Morgan fingerprint density at radius 2 is 1.90 bits per heavy atom. The van der Waals surface area contributed by atoms with E-state index in [4.69, 9.17) is 0 Å². The molecule has 0 aromatic heterocycles. The second-order valence-electron chi connectivity index (χ2n) is 4.50. The van der Waals surface area contributed by atoms with E-state index in [9.17, 15) is 9.90 Å². The predicted molar refractivity (Wildman–Crippen MR) is 77.9 cm³/mol. The number of nitrogens with one attached hydrogen (secondary N) is 1. The van der Waals surface area contributed by atoms with Gasteiger partial charge in [-0.05, 0) is 30.7 Å². The van der Waals surface area contributed by atoms with Crippen molar-refractivity contribution in [1.82, 2.24) is 0 Å². The van der Waals surface area contributed by atoms with Crippen molar-refractivity contribution in [1.29, 1.82) is 0 Å². The van der Waals surface area contributed by atoms with Gasteiger partial charge in [-0.2, -0.15) is 0 Å². The molecular formula is C16H17NO3. The average molecular weight is 271 g/mol. The van der Waals surface area contributed by atoms with Crippen LogP contribution in [0.25, 0.3) is 0 Å². The Labute approximate surface area is 118 Å². The molecule has 0 aliphatic carbocycles. The molecule has 0 fully saturated rings. The number of ether oxygens (including phenoxy) is 1. The number of methoxy groups -OCH3 is 1. The minimum absolute atomic E-state index is 0.0882. The van der Waals surface area contributed by atoms with Crippen LogP contribution in [0.2, 0.25) is 0 Å². The van der Waals surface area contributed by atoms with Crippen LogP contribution in [0.4, 0.5) is 5.69 Å². The lowest BCUT2D eigenvalue weighted by Gasteiger charge is -2.16. The summed E-state index contributed by atoms with van der Waals surface area (Å²) < 4.78 is 4.63. The largest absolute Gasteiger partial charge is 0.507 e. The van der Waals surface area contributed by atoms with Crippen LogP contribution in [-0.2, 0) is 4.74 Å². The summed E-state index contributed by atoms with van der Waals surface area (Å²) in [5.74, 6) is -0.645. The molecule has 0 amide bonds. The number of hydrogen-bond acceptors (Lipinski definition) is 4. The van der Waals surface area contributed by atoms with Crippen LogP contribution in [0.3, 0.4) is 0 Å². The zero-order chi connectivity index (χ0) is 14.5. The van der Waals surface area contributed by atoms with E-state index in [0.29, 0.717) is 0 Å². The van der Waals surface area contributed by atoms with Crippen molar-refractivity contribution in [2.45, 2.75) is 13.0 Å². The van der Waals surface area contributed by atoms with E-state index in [-0.39, 0.29) is 17.4 Å². The lowest BCUT2D eigenvalue weighted by atomic mass is 10.1. The number of rotatable bonds is 4. The molecule has 0 aliphatic heterocycles. The van der Waals surface area contributed by atoms with E-state index < -0.39 is 5.97 Å². The summed E-state index contributed by atoms with van der Waals surface area (Å²) in [4.78, 5) is 11.5. The van der Waals surface area contributed by atoms with Crippen molar-refractivity contribution in [2.24, 2.45) is 0 Å². The Bertz CT molecular complexity index is 596. The molecule has 0 radical (unpaired) electrons. The summed E-state index contributed by atoms with van der Waals surface area (Å²) in [6.07, 6.45) is 0. The number of phenols is 1. The number of aromatic hydroxyl groups is 1. The quantitative estimate of drug-likeness (QED) is 0.661. The summed E-state index contributed by atoms with van der Waals surface area (Å²) in [6, 6.07) is 14.8. The van der Waals surface area contributed by atoms with Gasteiger partial charge in [0.1, 0.15) is 11.3 Å². The monoisotopic (exact) mass is 271 g/mol. The number of carbonyl (C=O) groups excluding carboxylic acids is 1. The first-order valence-electron chi connectivity index (χ1n) is 6.34. The van der Waals surface area contributed by atoms with Gasteiger partial charge in [0.2, 0.25) is 0 Å². The normalized spacial score (nSPS) is 11.7. The molecule has 20 heavy (non-hydrogen) atoms. The molecule has 2 N–H and O–H groups in total. The maximum atomic E-state index is 11.5. The first-order chi connectivity index (χ1) is 9.61. The zero-order valence-corrected chi connectivity index (χ0v) is 11.5. The molecule has 4 heteroatoms. The minimum atomic E-state index is -0.557. The summed E-state index contributed by atoms with van der Waals surface area (Å²) in [5.41, 5.74) is 2.04. The molecule has 2 aromatic rings. The number of hydrogen-bond donors (Lipinski definition) is 2. The van der Waals surface area contributed by atoms with Gasteiger partial charge >= 0.3 is 5.97 Å². The first-order valence-corrected chi connectivity index (χ1v) is 6.34. The van der Waals surface area contributed by atoms with E-state index in [1.165, 1.54) is 13.2 Å². The number of anilines is 1. The highest BCUT2D eigenvalue weighted by Gasteiger charge is 2.13. The van der Waals surface area contributed by atoms with E-state index in [2.05, 4.69) is 10.1 Å². The van der Waals surface area contributed by atoms with Gasteiger partial charge in [0.25, 0.3) is 0 Å². The highest BCUT2D eigenvalue weighted by molar-refractivity contribution is 5.93. The molecule has 0 heterocycles.